The Morgan fingerprint density at radius 3 is 2.59 bits per heavy atom. The van der Waals surface area contributed by atoms with Gasteiger partial charge in [-0.25, -0.2) is 4.57 Å². The van der Waals surface area contributed by atoms with Crippen molar-refractivity contribution in [3.63, 3.8) is 0 Å². The zero-order valence-electron chi connectivity index (χ0n) is 10.4. The number of rotatable bonds is 3. The van der Waals surface area contributed by atoms with Crippen molar-refractivity contribution in [1.29, 1.82) is 0 Å². The van der Waals surface area contributed by atoms with Crippen LogP contribution in [0.15, 0.2) is 24.4 Å². The second kappa shape index (κ2) is 7.28. The summed E-state index contributed by atoms with van der Waals surface area (Å²) in [6.45, 7) is 3.68. The van der Waals surface area contributed by atoms with E-state index in [1.807, 2.05) is 6.07 Å². The van der Waals surface area contributed by atoms with Gasteiger partial charge in [0.05, 0.1) is 19.1 Å². The molecule has 0 radical (unpaired) electrons. The van der Waals surface area contributed by atoms with Crippen LogP contribution in [0.3, 0.4) is 0 Å². The van der Waals surface area contributed by atoms with Crippen molar-refractivity contribution in [3.8, 4) is 0 Å². The maximum atomic E-state index is 5.70. The van der Waals surface area contributed by atoms with Crippen molar-refractivity contribution < 1.29 is 38.0 Å². The predicted molar refractivity (Wildman–Crippen MR) is 61.0 cm³/mol. The van der Waals surface area contributed by atoms with Gasteiger partial charge >= 0.3 is 0 Å². The summed E-state index contributed by atoms with van der Waals surface area (Å²) in [7, 11) is 2.06. The monoisotopic (exact) mass is 349 g/mol. The molecule has 2 heterocycles. The lowest BCUT2D eigenvalue weighted by atomic mass is 10.1. The summed E-state index contributed by atoms with van der Waals surface area (Å²) < 4.78 is 13.5. The average molecular weight is 349 g/mol. The van der Waals surface area contributed by atoms with E-state index in [2.05, 4.69) is 36.9 Å². The molecule has 0 spiro atoms. The van der Waals surface area contributed by atoms with Crippen LogP contribution in [0.1, 0.15) is 31.4 Å². The SMILES string of the molecule is CCCC1OCC(c2cccc[n+]2C)CO1.[I-]. The first-order valence-electron chi connectivity index (χ1n) is 5.99. The van der Waals surface area contributed by atoms with Gasteiger partial charge in [0.1, 0.15) is 7.05 Å². The molecule has 96 valence electrons. The van der Waals surface area contributed by atoms with Gasteiger partial charge < -0.3 is 33.5 Å². The van der Waals surface area contributed by atoms with E-state index in [1.54, 1.807) is 0 Å². The van der Waals surface area contributed by atoms with E-state index >= 15 is 0 Å². The number of ether oxygens (including phenoxy) is 2. The Hall–Kier alpha value is -0.200. The molecule has 0 aliphatic carbocycles. The lowest BCUT2D eigenvalue weighted by Crippen LogP contribution is -3.00. The standard InChI is InChI=1S/C13H20NO2.HI/c1-3-6-13-15-9-11(10-16-13)12-7-4-5-8-14(12)2;/h4-5,7-8,11,13H,3,6,9-10H2,1-2H3;1H/q+1;/p-1. The summed E-state index contributed by atoms with van der Waals surface area (Å²) in [6.07, 6.45) is 4.17. The molecule has 17 heavy (non-hydrogen) atoms. The highest BCUT2D eigenvalue weighted by Crippen LogP contribution is 2.21. The van der Waals surface area contributed by atoms with Gasteiger partial charge in [0.2, 0.25) is 0 Å². The lowest BCUT2D eigenvalue weighted by Gasteiger charge is -2.27. The van der Waals surface area contributed by atoms with Gasteiger partial charge in [0.25, 0.3) is 0 Å². The summed E-state index contributed by atoms with van der Waals surface area (Å²) in [5.74, 6) is 0.360. The van der Waals surface area contributed by atoms with Gasteiger partial charge in [0, 0.05) is 12.1 Å². The minimum atomic E-state index is 0. The summed E-state index contributed by atoms with van der Waals surface area (Å²) in [4.78, 5) is 0. The van der Waals surface area contributed by atoms with Crippen LogP contribution < -0.4 is 28.5 Å². The molecule has 0 N–H and O–H groups in total. The average Bonchev–Trinajstić information content (AvgIpc) is 2.31. The van der Waals surface area contributed by atoms with Gasteiger partial charge in [-0.1, -0.05) is 19.4 Å². The zero-order valence-corrected chi connectivity index (χ0v) is 12.6. The summed E-state index contributed by atoms with van der Waals surface area (Å²) in [6, 6.07) is 6.24. The maximum absolute atomic E-state index is 5.70. The number of pyridine rings is 1. The molecule has 0 atom stereocenters. The van der Waals surface area contributed by atoms with E-state index in [9.17, 15) is 0 Å². The topological polar surface area (TPSA) is 22.3 Å². The van der Waals surface area contributed by atoms with Crippen LogP contribution in [-0.4, -0.2) is 19.5 Å². The van der Waals surface area contributed by atoms with E-state index < -0.39 is 0 Å². The number of aryl methyl sites for hydroxylation is 1. The summed E-state index contributed by atoms with van der Waals surface area (Å²) in [5.41, 5.74) is 1.28. The van der Waals surface area contributed by atoms with E-state index in [1.165, 1.54) is 5.69 Å². The number of halogens is 1. The molecule has 0 bridgehead atoms. The first-order chi connectivity index (χ1) is 7.81. The minimum Gasteiger partial charge on any atom is -1.00 e. The van der Waals surface area contributed by atoms with E-state index in [4.69, 9.17) is 9.47 Å². The van der Waals surface area contributed by atoms with Crippen LogP contribution in [-0.2, 0) is 16.5 Å². The van der Waals surface area contributed by atoms with E-state index in [-0.39, 0.29) is 30.3 Å². The van der Waals surface area contributed by atoms with Crippen LogP contribution in [0.2, 0.25) is 0 Å². The minimum absolute atomic E-state index is 0. The van der Waals surface area contributed by atoms with Crippen LogP contribution in [0, 0.1) is 0 Å². The van der Waals surface area contributed by atoms with Gasteiger partial charge in [0.15, 0.2) is 18.2 Å². The zero-order chi connectivity index (χ0) is 11.4. The number of nitrogens with zero attached hydrogens (tertiary/aromatic N) is 1. The highest BCUT2D eigenvalue weighted by Gasteiger charge is 2.27. The first kappa shape index (κ1) is 14.9. The molecule has 1 aliphatic heterocycles. The van der Waals surface area contributed by atoms with Gasteiger partial charge in [-0.15, -0.1) is 0 Å². The van der Waals surface area contributed by atoms with Crippen LogP contribution in [0.5, 0.6) is 0 Å². The predicted octanol–water partition coefficient (Wildman–Crippen LogP) is -1.23. The molecule has 1 aromatic rings. The normalized spacial score (nSPS) is 24.1. The molecule has 4 heteroatoms. The van der Waals surface area contributed by atoms with Crippen LogP contribution in [0.25, 0.3) is 0 Å². The second-order valence-corrected chi connectivity index (χ2v) is 4.32. The highest BCUT2D eigenvalue weighted by atomic mass is 127. The van der Waals surface area contributed by atoms with E-state index in [0.29, 0.717) is 5.92 Å². The van der Waals surface area contributed by atoms with Crippen molar-refractivity contribution in [2.24, 2.45) is 7.05 Å². The van der Waals surface area contributed by atoms with Gasteiger partial charge in [-0.05, 0) is 6.42 Å². The largest absolute Gasteiger partial charge is 1.00 e. The molecule has 0 amide bonds. The van der Waals surface area contributed by atoms with Crippen molar-refractivity contribution >= 4 is 0 Å². The fraction of sp³-hybridized carbons (Fsp3) is 0.615. The Balaban J connectivity index is 0.00000144. The second-order valence-electron chi connectivity index (χ2n) is 4.32. The quantitative estimate of drug-likeness (QED) is 0.504. The Kier molecular flexibility index (Phi) is 6.37. The number of hydrogen-bond donors (Lipinski definition) is 0. The molecule has 3 nitrogen and oxygen atoms in total. The molecule has 1 aromatic heterocycles. The summed E-state index contributed by atoms with van der Waals surface area (Å²) in [5, 5.41) is 0. The fourth-order valence-electron chi connectivity index (χ4n) is 2.08. The number of hydrogen-bond acceptors (Lipinski definition) is 2. The first-order valence-corrected chi connectivity index (χ1v) is 5.99. The third-order valence-corrected chi connectivity index (χ3v) is 3.00. The smallest absolute Gasteiger partial charge is 0.188 e. The molecule has 2 rings (SSSR count). The summed E-state index contributed by atoms with van der Waals surface area (Å²) >= 11 is 0. The molecule has 0 saturated carbocycles. The molecule has 0 aromatic carbocycles. The maximum Gasteiger partial charge on any atom is 0.188 e. The number of aromatic nitrogens is 1. The highest BCUT2D eigenvalue weighted by molar-refractivity contribution is 5.04. The lowest BCUT2D eigenvalue weighted by molar-refractivity contribution is -0.681. The van der Waals surface area contributed by atoms with Crippen LogP contribution in [0.4, 0.5) is 0 Å². The molecular weight excluding hydrogens is 329 g/mol. The molecule has 1 fully saturated rings. The van der Waals surface area contributed by atoms with Crippen molar-refractivity contribution in [1.82, 2.24) is 0 Å². The third kappa shape index (κ3) is 3.89. The van der Waals surface area contributed by atoms with Crippen LogP contribution >= 0.6 is 0 Å². The van der Waals surface area contributed by atoms with E-state index in [0.717, 1.165) is 26.1 Å². The molecular formula is C13H20INO2. The Labute approximate surface area is 120 Å². The Bertz CT molecular complexity index is 338. The van der Waals surface area contributed by atoms with Crippen molar-refractivity contribution in [2.75, 3.05) is 13.2 Å². The Morgan fingerprint density at radius 1 is 1.29 bits per heavy atom. The van der Waals surface area contributed by atoms with Gasteiger partial charge in [-0.3, -0.25) is 0 Å². The van der Waals surface area contributed by atoms with Crippen molar-refractivity contribution in [2.45, 2.75) is 32.0 Å². The molecule has 1 aliphatic rings. The Morgan fingerprint density at radius 2 is 2.00 bits per heavy atom. The molecule has 0 unspecified atom stereocenters. The fourth-order valence-corrected chi connectivity index (χ4v) is 2.08. The van der Waals surface area contributed by atoms with Crippen molar-refractivity contribution in [3.05, 3.63) is 30.1 Å². The van der Waals surface area contributed by atoms with Gasteiger partial charge in [-0.2, -0.15) is 0 Å². The third-order valence-electron chi connectivity index (χ3n) is 3.00. The molecule has 1 saturated heterocycles.